The second kappa shape index (κ2) is 4.03. The van der Waals surface area contributed by atoms with E-state index >= 15 is 0 Å². The average molecular weight is 273 g/mol. The third kappa shape index (κ3) is 1.86. The third-order valence-corrected chi connectivity index (χ3v) is 2.54. The molecule has 0 fully saturated rings. The quantitative estimate of drug-likeness (QED) is 0.714. The fourth-order valence-corrected chi connectivity index (χ4v) is 1.47. The molecule has 0 amide bonds. The lowest BCUT2D eigenvalue weighted by Gasteiger charge is -2.06. The number of pyridine rings is 1. The van der Waals surface area contributed by atoms with Crippen LogP contribution in [-0.4, -0.2) is 4.98 Å². The lowest BCUT2D eigenvalue weighted by molar-refractivity contribution is 1.11. The van der Waals surface area contributed by atoms with E-state index < -0.39 is 0 Å². The molecule has 1 nitrogen and oxygen atoms in total. The highest BCUT2D eigenvalue weighted by Gasteiger charge is 2.01. The molecular weight excluding hydrogens is 261 g/mol. The van der Waals surface area contributed by atoms with Gasteiger partial charge in [-0.05, 0) is 47.6 Å². The van der Waals surface area contributed by atoms with Crippen LogP contribution in [0.5, 0.6) is 0 Å². The van der Waals surface area contributed by atoms with Crippen LogP contribution in [0.2, 0.25) is 0 Å². The van der Waals surface area contributed by atoms with Crippen molar-refractivity contribution in [2.24, 2.45) is 0 Å². The van der Waals surface area contributed by atoms with Gasteiger partial charge in [-0.25, -0.2) is 0 Å². The predicted octanol–water partition coefficient (Wildman–Crippen LogP) is 3.41. The van der Waals surface area contributed by atoms with Crippen LogP contribution in [0, 0.1) is 20.8 Å². The van der Waals surface area contributed by atoms with Crippen LogP contribution >= 0.6 is 22.6 Å². The minimum Gasteiger partial charge on any atom is -0.261 e. The summed E-state index contributed by atoms with van der Waals surface area (Å²) in [6.45, 7) is 6.29. The summed E-state index contributed by atoms with van der Waals surface area (Å²) in [4.78, 5) is 4.30. The van der Waals surface area contributed by atoms with Crippen molar-refractivity contribution in [3.8, 4) is 0 Å². The second-order valence-electron chi connectivity index (χ2n) is 2.84. The number of nitrogens with zero attached hydrogens (tertiary/aromatic N) is 1. The van der Waals surface area contributed by atoms with Gasteiger partial charge in [0, 0.05) is 11.9 Å². The molecule has 1 heterocycles. The maximum atomic E-state index is 4.30. The van der Waals surface area contributed by atoms with Gasteiger partial charge in [-0.3, -0.25) is 4.98 Å². The van der Waals surface area contributed by atoms with E-state index in [-0.39, 0.29) is 0 Å². The zero-order valence-electron chi connectivity index (χ0n) is 7.56. The molecule has 0 spiro atoms. The molecule has 64 valence electrons. The molecule has 0 aliphatic rings. The Morgan fingerprint density at radius 3 is 2.50 bits per heavy atom. The second-order valence-corrected chi connectivity index (χ2v) is 3.56. The minimum absolute atomic E-state index is 1.12. The first-order chi connectivity index (χ1) is 5.66. The van der Waals surface area contributed by atoms with Gasteiger partial charge in [0.15, 0.2) is 0 Å². The Bertz CT molecular complexity index is 316. The molecule has 1 rings (SSSR count). The van der Waals surface area contributed by atoms with Crippen molar-refractivity contribution in [2.75, 3.05) is 0 Å². The summed E-state index contributed by atoms with van der Waals surface area (Å²) in [5.74, 6) is 0. The molecule has 1 aromatic rings. The zero-order chi connectivity index (χ0) is 9.14. The first-order valence-electron chi connectivity index (χ1n) is 3.86. The first-order valence-corrected chi connectivity index (χ1v) is 5.11. The van der Waals surface area contributed by atoms with Gasteiger partial charge in [0.25, 0.3) is 0 Å². The molecule has 1 aromatic heterocycles. The van der Waals surface area contributed by atoms with Crippen LogP contribution < -0.4 is 0 Å². The van der Waals surface area contributed by atoms with Gasteiger partial charge in [0.05, 0.1) is 0 Å². The Labute approximate surface area is 87.0 Å². The Morgan fingerprint density at radius 1 is 1.25 bits per heavy atom. The molecule has 0 aliphatic carbocycles. The molecule has 0 aliphatic heterocycles. The van der Waals surface area contributed by atoms with Gasteiger partial charge in [-0.15, -0.1) is 0 Å². The van der Waals surface area contributed by atoms with Gasteiger partial charge in [-0.2, -0.15) is 0 Å². The number of aryl methyl sites for hydroxylation is 1. The van der Waals surface area contributed by atoms with E-state index in [0.29, 0.717) is 0 Å². The maximum absolute atomic E-state index is 4.30. The molecule has 12 heavy (non-hydrogen) atoms. The summed E-state index contributed by atoms with van der Waals surface area (Å²) >= 11 is 2.22. The van der Waals surface area contributed by atoms with E-state index in [9.17, 15) is 0 Å². The molecular formula is C10H12IN. The number of hydrogen-bond donors (Lipinski definition) is 0. The highest BCUT2D eigenvalue weighted by atomic mass is 127. The molecule has 0 unspecified atom stereocenters. The molecule has 0 saturated heterocycles. The van der Waals surface area contributed by atoms with Crippen molar-refractivity contribution in [1.29, 1.82) is 0 Å². The van der Waals surface area contributed by atoms with Gasteiger partial charge >= 0.3 is 0 Å². The summed E-state index contributed by atoms with van der Waals surface area (Å²) in [6.07, 6.45) is 4.00. The van der Waals surface area contributed by atoms with Crippen LogP contribution in [0.3, 0.4) is 0 Å². The SMILES string of the molecule is Cc1ncc(/C=C/I)c(C)c1C. The fourth-order valence-electron chi connectivity index (χ4n) is 1.08. The van der Waals surface area contributed by atoms with Gasteiger partial charge in [0.2, 0.25) is 0 Å². The maximum Gasteiger partial charge on any atom is 0.0404 e. The van der Waals surface area contributed by atoms with Crippen LogP contribution in [0.25, 0.3) is 6.08 Å². The summed E-state index contributed by atoms with van der Waals surface area (Å²) in [5, 5.41) is 0. The third-order valence-electron chi connectivity index (χ3n) is 2.18. The lowest BCUT2D eigenvalue weighted by Crippen LogP contribution is -1.93. The van der Waals surface area contributed by atoms with Crippen LogP contribution in [0.1, 0.15) is 22.4 Å². The Morgan fingerprint density at radius 2 is 1.92 bits per heavy atom. The lowest BCUT2D eigenvalue weighted by atomic mass is 10.0. The highest BCUT2D eigenvalue weighted by molar-refractivity contribution is 14.1. The van der Waals surface area contributed by atoms with E-state index in [1.165, 1.54) is 16.7 Å². The monoisotopic (exact) mass is 273 g/mol. The van der Waals surface area contributed by atoms with Crippen molar-refractivity contribution in [1.82, 2.24) is 4.98 Å². The summed E-state index contributed by atoms with van der Waals surface area (Å²) in [5.41, 5.74) is 4.96. The average Bonchev–Trinajstić information content (AvgIpc) is 2.07. The minimum atomic E-state index is 1.12. The van der Waals surface area contributed by atoms with E-state index in [0.717, 1.165) is 5.69 Å². The molecule has 0 radical (unpaired) electrons. The van der Waals surface area contributed by atoms with Gasteiger partial charge in [-0.1, -0.05) is 22.6 Å². The first kappa shape index (κ1) is 9.71. The molecule has 0 saturated carbocycles. The molecule has 0 atom stereocenters. The van der Waals surface area contributed by atoms with E-state index in [4.69, 9.17) is 0 Å². The largest absolute Gasteiger partial charge is 0.261 e. The summed E-state index contributed by atoms with van der Waals surface area (Å²) in [7, 11) is 0. The van der Waals surface area contributed by atoms with Crippen molar-refractivity contribution < 1.29 is 0 Å². The highest BCUT2D eigenvalue weighted by Crippen LogP contribution is 2.16. The number of halogens is 1. The van der Waals surface area contributed by atoms with Crippen LogP contribution in [0.15, 0.2) is 10.3 Å². The smallest absolute Gasteiger partial charge is 0.0404 e. The van der Waals surface area contributed by atoms with Gasteiger partial charge in [0.1, 0.15) is 0 Å². The number of rotatable bonds is 1. The fraction of sp³-hybridized carbons (Fsp3) is 0.300. The van der Waals surface area contributed by atoms with Crippen LogP contribution in [0.4, 0.5) is 0 Å². The summed E-state index contributed by atoms with van der Waals surface area (Å²) in [6, 6.07) is 0. The van der Waals surface area contributed by atoms with E-state index in [1.807, 2.05) is 17.2 Å². The van der Waals surface area contributed by atoms with Crippen molar-refractivity contribution >= 4 is 28.7 Å². The van der Waals surface area contributed by atoms with Gasteiger partial charge < -0.3 is 0 Å². The van der Waals surface area contributed by atoms with E-state index in [1.54, 1.807) is 0 Å². The Kier molecular flexibility index (Phi) is 3.26. The molecule has 0 N–H and O–H groups in total. The molecule has 0 bridgehead atoms. The molecule has 0 aromatic carbocycles. The van der Waals surface area contributed by atoms with Crippen molar-refractivity contribution in [3.63, 3.8) is 0 Å². The normalized spacial score (nSPS) is 11.0. The predicted molar refractivity (Wildman–Crippen MR) is 61.5 cm³/mol. The summed E-state index contributed by atoms with van der Waals surface area (Å²) < 4.78 is 2.01. The Balaban J connectivity index is 3.26. The molecule has 2 heteroatoms. The number of hydrogen-bond acceptors (Lipinski definition) is 1. The topological polar surface area (TPSA) is 12.9 Å². The van der Waals surface area contributed by atoms with Crippen molar-refractivity contribution in [2.45, 2.75) is 20.8 Å². The van der Waals surface area contributed by atoms with Crippen LogP contribution in [-0.2, 0) is 0 Å². The zero-order valence-corrected chi connectivity index (χ0v) is 9.71. The van der Waals surface area contributed by atoms with Crippen molar-refractivity contribution in [3.05, 3.63) is 32.7 Å². The standard InChI is InChI=1S/C10H12IN/c1-7-8(2)10(4-5-11)6-12-9(7)3/h4-6H,1-3H3/b5-4+. The number of aromatic nitrogens is 1. The Hall–Kier alpha value is -0.380. The van der Waals surface area contributed by atoms with E-state index in [2.05, 4.69) is 47.5 Å².